The molecule has 0 aliphatic heterocycles. The second kappa shape index (κ2) is 5.87. The van der Waals surface area contributed by atoms with Crippen LogP contribution in [-0.2, 0) is 13.0 Å². The molecule has 3 nitrogen and oxygen atoms in total. The Morgan fingerprint density at radius 2 is 2.11 bits per heavy atom. The molecule has 18 heavy (non-hydrogen) atoms. The molecule has 0 spiro atoms. The fourth-order valence-electron chi connectivity index (χ4n) is 3.57. The van der Waals surface area contributed by atoms with Crippen molar-refractivity contribution in [2.24, 2.45) is 5.41 Å². The van der Waals surface area contributed by atoms with Crippen molar-refractivity contribution < 1.29 is 0 Å². The zero-order valence-electron chi connectivity index (χ0n) is 12.1. The highest BCUT2D eigenvalue weighted by molar-refractivity contribution is 5.09. The van der Waals surface area contributed by atoms with Crippen molar-refractivity contribution in [2.75, 3.05) is 7.05 Å². The minimum absolute atomic E-state index is 0.517. The molecule has 1 saturated carbocycles. The van der Waals surface area contributed by atoms with Crippen molar-refractivity contribution in [3.8, 4) is 0 Å². The van der Waals surface area contributed by atoms with E-state index in [0.717, 1.165) is 13.0 Å². The third-order valence-electron chi connectivity index (χ3n) is 4.84. The van der Waals surface area contributed by atoms with Crippen LogP contribution in [0.2, 0.25) is 0 Å². The van der Waals surface area contributed by atoms with Crippen LogP contribution < -0.4 is 5.32 Å². The van der Waals surface area contributed by atoms with Gasteiger partial charge in [-0.3, -0.25) is 4.68 Å². The van der Waals surface area contributed by atoms with E-state index in [-0.39, 0.29) is 0 Å². The summed E-state index contributed by atoms with van der Waals surface area (Å²) in [5.41, 5.74) is 1.89. The van der Waals surface area contributed by atoms with Gasteiger partial charge in [0, 0.05) is 18.8 Å². The lowest BCUT2D eigenvalue weighted by atomic mass is 9.74. The van der Waals surface area contributed by atoms with Crippen LogP contribution in [0.4, 0.5) is 0 Å². The number of aromatic nitrogens is 2. The topological polar surface area (TPSA) is 29.9 Å². The first-order valence-electron chi connectivity index (χ1n) is 7.42. The van der Waals surface area contributed by atoms with E-state index in [4.69, 9.17) is 0 Å². The van der Waals surface area contributed by atoms with Gasteiger partial charge in [-0.25, -0.2) is 0 Å². The van der Waals surface area contributed by atoms with Crippen LogP contribution in [0.1, 0.15) is 51.5 Å². The number of aryl methyl sites for hydroxylation is 1. The lowest BCUT2D eigenvalue weighted by Crippen LogP contribution is -2.43. The molecule has 2 rings (SSSR count). The number of likely N-dealkylation sites (N-methyl/N-ethyl adjacent to an activating group) is 1. The molecule has 1 aromatic rings. The van der Waals surface area contributed by atoms with Crippen molar-refractivity contribution in [3.05, 3.63) is 18.0 Å². The minimum Gasteiger partial charge on any atom is -0.316 e. The summed E-state index contributed by atoms with van der Waals surface area (Å²) in [4.78, 5) is 0. The standard InChI is InChI=1S/C15H27N3/c1-4-15(8-6-7-9-15)14(16-3)10-13-11-17-18(5-2)12-13/h11-12,14,16H,4-10H2,1-3H3. The third-order valence-corrected chi connectivity index (χ3v) is 4.84. The lowest BCUT2D eigenvalue weighted by molar-refractivity contribution is 0.192. The molecule has 1 fully saturated rings. The van der Waals surface area contributed by atoms with E-state index in [9.17, 15) is 0 Å². The Labute approximate surface area is 111 Å². The molecule has 1 aliphatic rings. The van der Waals surface area contributed by atoms with Crippen LogP contribution >= 0.6 is 0 Å². The molecule has 0 amide bonds. The smallest absolute Gasteiger partial charge is 0.0522 e. The van der Waals surface area contributed by atoms with Crippen LogP contribution in [0.3, 0.4) is 0 Å². The molecular weight excluding hydrogens is 222 g/mol. The average Bonchev–Trinajstić information content (AvgIpc) is 3.05. The number of nitrogens with zero attached hydrogens (tertiary/aromatic N) is 2. The molecule has 3 heteroatoms. The second-order valence-electron chi connectivity index (χ2n) is 5.67. The van der Waals surface area contributed by atoms with Crippen LogP contribution in [0.25, 0.3) is 0 Å². The van der Waals surface area contributed by atoms with Gasteiger partial charge < -0.3 is 5.32 Å². The quantitative estimate of drug-likeness (QED) is 0.840. The van der Waals surface area contributed by atoms with Crippen molar-refractivity contribution in [1.29, 1.82) is 0 Å². The van der Waals surface area contributed by atoms with Crippen LogP contribution in [-0.4, -0.2) is 22.9 Å². The van der Waals surface area contributed by atoms with E-state index >= 15 is 0 Å². The SMILES string of the molecule is CCn1cc(CC(NC)C2(CC)CCCC2)cn1. The zero-order chi connectivity index (χ0) is 13.0. The molecule has 102 valence electrons. The van der Waals surface area contributed by atoms with E-state index < -0.39 is 0 Å². The first-order valence-corrected chi connectivity index (χ1v) is 7.42. The van der Waals surface area contributed by atoms with Gasteiger partial charge in [-0.15, -0.1) is 0 Å². The molecule has 1 atom stereocenters. The Morgan fingerprint density at radius 1 is 1.39 bits per heavy atom. The maximum Gasteiger partial charge on any atom is 0.0522 e. The highest BCUT2D eigenvalue weighted by atomic mass is 15.3. The Balaban J connectivity index is 2.08. The molecular formula is C15H27N3. The Bertz CT molecular complexity index is 364. The van der Waals surface area contributed by atoms with Gasteiger partial charge in [0.1, 0.15) is 0 Å². The maximum atomic E-state index is 4.39. The van der Waals surface area contributed by atoms with Crippen LogP contribution in [0.5, 0.6) is 0 Å². The molecule has 1 unspecified atom stereocenters. The van der Waals surface area contributed by atoms with Crippen molar-refractivity contribution >= 4 is 0 Å². The Hall–Kier alpha value is -0.830. The van der Waals surface area contributed by atoms with Crippen LogP contribution in [0.15, 0.2) is 12.4 Å². The zero-order valence-corrected chi connectivity index (χ0v) is 12.1. The highest BCUT2D eigenvalue weighted by Gasteiger charge is 2.38. The average molecular weight is 249 g/mol. The molecule has 0 aromatic carbocycles. The number of rotatable bonds is 6. The summed E-state index contributed by atoms with van der Waals surface area (Å²) in [6.45, 7) is 5.45. The lowest BCUT2D eigenvalue weighted by Gasteiger charge is -2.36. The largest absolute Gasteiger partial charge is 0.316 e. The molecule has 1 heterocycles. The van der Waals surface area contributed by atoms with Crippen molar-refractivity contribution in [3.63, 3.8) is 0 Å². The molecule has 0 saturated heterocycles. The summed E-state index contributed by atoms with van der Waals surface area (Å²) >= 11 is 0. The summed E-state index contributed by atoms with van der Waals surface area (Å²) in [7, 11) is 2.12. The maximum absolute atomic E-state index is 4.39. The van der Waals surface area contributed by atoms with E-state index in [1.165, 1.54) is 37.7 Å². The molecule has 1 N–H and O–H groups in total. The van der Waals surface area contributed by atoms with Crippen LogP contribution in [0, 0.1) is 5.41 Å². The second-order valence-corrected chi connectivity index (χ2v) is 5.67. The molecule has 1 aliphatic carbocycles. The summed E-state index contributed by atoms with van der Waals surface area (Å²) in [5.74, 6) is 0. The van der Waals surface area contributed by atoms with Gasteiger partial charge in [0.15, 0.2) is 0 Å². The van der Waals surface area contributed by atoms with Crippen molar-refractivity contribution in [2.45, 2.75) is 65.0 Å². The van der Waals surface area contributed by atoms with Gasteiger partial charge in [-0.2, -0.15) is 5.10 Å². The predicted molar refractivity (Wildman–Crippen MR) is 75.6 cm³/mol. The fraction of sp³-hybridized carbons (Fsp3) is 0.800. The number of hydrogen-bond donors (Lipinski definition) is 1. The van der Waals surface area contributed by atoms with Gasteiger partial charge in [0.05, 0.1) is 6.20 Å². The monoisotopic (exact) mass is 249 g/mol. The van der Waals surface area contributed by atoms with Crippen molar-refractivity contribution in [1.82, 2.24) is 15.1 Å². The van der Waals surface area contributed by atoms with E-state index in [1.807, 2.05) is 10.9 Å². The summed E-state index contributed by atoms with van der Waals surface area (Å²) in [5, 5.41) is 7.96. The van der Waals surface area contributed by atoms with Gasteiger partial charge in [0.2, 0.25) is 0 Å². The molecule has 0 radical (unpaired) electrons. The number of hydrogen-bond acceptors (Lipinski definition) is 2. The Morgan fingerprint density at radius 3 is 2.61 bits per heavy atom. The first-order chi connectivity index (χ1) is 8.74. The predicted octanol–water partition coefficient (Wildman–Crippen LogP) is 3.00. The normalized spacial score (nSPS) is 20.2. The van der Waals surface area contributed by atoms with Gasteiger partial charge in [-0.05, 0) is 50.6 Å². The summed E-state index contributed by atoms with van der Waals surface area (Å²) < 4.78 is 2.02. The van der Waals surface area contributed by atoms with E-state index in [2.05, 4.69) is 37.5 Å². The van der Waals surface area contributed by atoms with Gasteiger partial charge in [-0.1, -0.05) is 19.8 Å². The molecule has 1 aromatic heterocycles. The third kappa shape index (κ3) is 2.61. The first kappa shape index (κ1) is 13.6. The van der Waals surface area contributed by atoms with E-state index in [1.54, 1.807) is 0 Å². The fourth-order valence-corrected chi connectivity index (χ4v) is 3.57. The highest BCUT2D eigenvalue weighted by Crippen LogP contribution is 2.44. The Kier molecular flexibility index (Phi) is 4.44. The molecule has 0 bridgehead atoms. The summed E-state index contributed by atoms with van der Waals surface area (Å²) in [6, 6.07) is 0.597. The minimum atomic E-state index is 0.517. The number of nitrogens with one attached hydrogen (secondary N) is 1. The van der Waals surface area contributed by atoms with Gasteiger partial charge in [0.25, 0.3) is 0 Å². The summed E-state index contributed by atoms with van der Waals surface area (Å²) in [6.07, 6.45) is 12.2. The van der Waals surface area contributed by atoms with Gasteiger partial charge >= 0.3 is 0 Å². The van der Waals surface area contributed by atoms with E-state index in [0.29, 0.717) is 11.5 Å².